The summed E-state index contributed by atoms with van der Waals surface area (Å²) < 4.78 is 11.7. The largest absolute Gasteiger partial charge is 0.347 e. The summed E-state index contributed by atoms with van der Waals surface area (Å²) in [5.74, 6) is 0.165. The van der Waals surface area contributed by atoms with Crippen LogP contribution in [0.2, 0.25) is 0 Å². The lowest BCUT2D eigenvalue weighted by molar-refractivity contribution is -0.205. The Kier molecular flexibility index (Phi) is 3.27. The molecule has 0 unspecified atom stereocenters. The maximum absolute atomic E-state index is 5.84. The highest BCUT2D eigenvalue weighted by Crippen LogP contribution is 2.44. The van der Waals surface area contributed by atoms with Crippen LogP contribution in [0.3, 0.4) is 0 Å². The molecule has 1 aliphatic heterocycles. The molecule has 1 aliphatic carbocycles. The van der Waals surface area contributed by atoms with E-state index >= 15 is 0 Å². The molecule has 1 heterocycles. The summed E-state index contributed by atoms with van der Waals surface area (Å²) in [6.07, 6.45) is 8.42. The molecule has 2 nitrogen and oxygen atoms in total. The van der Waals surface area contributed by atoms with Crippen molar-refractivity contribution >= 4 is 0 Å². The van der Waals surface area contributed by atoms with E-state index in [1.54, 1.807) is 0 Å². The zero-order chi connectivity index (χ0) is 10.7. The molecule has 0 bridgehead atoms. The maximum atomic E-state index is 5.84. The molecule has 0 aromatic carbocycles. The predicted octanol–water partition coefficient (Wildman–Crippen LogP) is 3.05. The van der Waals surface area contributed by atoms with Crippen molar-refractivity contribution < 1.29 is 9.47 Å². The Morgan fingerprint density at radius 2 is 2.20 bits per heavy atom. The smallest absolute Gasteiger partial charge is 0.172 e. The molecule has 15 heavy (non-hydrogen) atoms. The van der Waals surface area contributed by atoms with Crippen molar-refractivity contribution in [2.75, 3.05) is 13.2 Å². The molecule has 2 aliphatic rings. The highest BCUT2D eigenvalue weighted by Gasteiger charge is 2.45. The van der Waals surface area contributed by atoms with Gasteiger partial charge in [0, 0.05) is 12.3 Å². The predicted molar refractivity (Wildman–Crippen MR) is 60.5 cm³/mol. The average molecular weight is 208 g/mol. The highest BCUT2D eigenvalue weighted by atomic mass is 16.7. The van der Waals surface area contributed by atoms with Crippen LogP contribution in [0.5, 0.6) is 0 Å². The molecule has 0 aromatic heterocycles. The van der Waals surface area contributed by atoms with Crippen molar-refractivity contribution in [2.45, 2.75) is 38.4 Å². The van der Waals surface area contributed by atoms with E-state index in [1.807, 2.05) is 6.08 Å². The quantitative estimate of drug-likeness (QED) is 0.649. The minimum atomic E-state index is -0.291. The van der Waals surface area contributed by atoms with Crippen molar-refractivity contribution in [3.05, 3.63) is 24.3 Å². The van der Waals surface area contributed by atoms with Gasteiger partial charge in [0.15, 0.2) is 5.79 Å². The number of allylic oxidation sites excluding steroid dienone is 3. The van der Waals surface area contributed by atoms with E-state index in [9.17, 15) is 0 Å². The van der Waals surface area contributed by atoms with E-state index in [-0.39, 0.29) is 5.79 Å². The van der Waals surface area contributed by atoms with E-state index in [0.29, 0.717) is 5.92 Å². The third-order valence-corrected chi connectivity index (χ3v) is 3.56. The highest BCUT2D eigenvalue weighted by molar-refractivity contribution is 5.10. The molecule has 2 heteroatoms. The van der Waals surface area contributed by atoms with Gasteiger partial charge in [-0.2, -0.15) is 0 Å². The first-order chi connectivity index (χ1) is 7.30. The molecule has 2 rings (SSSR count). The molecular weight excluding hydrogens is 188 g/mol. The van der Waals surface area contributed by atoms with E-state index in [2.05, 4.69) is 19.6 Å². The fourth-order valence-electron chi connectivity index (χ4n) is 2.69. The topological polar surface area (TPSA) is 18.5 Å². The monoisotopic (exact) mass is 208 g/mol. The summed E-state index contributed by atoms with van der Waals surface area (Å²) >= 11 is 0. The number of hydrogen-bond acceptors (Lipinski definition) is 2. The fraction of sp³-hybridized carbons (Fsp3) is 0.692. The van der Waals surface area contributed by atoms with Gasteiger partial charge in [-0.1, -0.05) is 17.7 Å². The van der Waals surface area contributed by atoms with Crippen molar-refractivity contribution in [2.24, 2.45) is 5.92 Å². The second-order valence-electron chi connectivity index (χ2n) is 4.38. The molecule has 0 aromatic rings. The number of hydrogen-bond donors (Lipinski definition) is 0. The standard InChI is InChI=1S/C13H20O2/c1-3-5-12-10-11(4-2)6-7-13(12)14-8-9-15-13/h3-4,12H,1,5-10H2,2H3/b11-4+/t12-/m1/s1. The Bertz CT molecular complexity index is 262. The molecule has 1 saturated heterocycles. The van der Waals surface area contributed by atoms with Gasteiger partial charge >= 0.3 is 0 Å². The Labute approximate surface area is 92.0 Å². The average Bonchev–Trinajstić information content (AvgIpc) is 2.72. The van der Waals surface area contributed by atoms with E-state index in [1.165, 1.54) is 5.57 Å². The number of ether oxygens (including phenoxy) is 2. The van der Waals surface area contributed by atoms with Crippen LogP contribution in [-0.4, -0.2) is 19.0 Å². The SMILES string of the molecule is C=CC[C@@H]1C/C(=C/C)CCC12OCCO2. The minimum Gasteiger partial charge on any atom is -0.347 e. The first kappa shape index (κ1) is 10.9. The zero-order valence-corrected chi connectivity index (χ0v) is 9.50. The van der Waals surface area contributed by atoms with Gasteiger partial charge in [-0.3, -0.25) is 0 Å². The Morgan fingerprint density at radius 1 is 1.47 bits per heavy atom. The van der Waals surface area contributed by atoms with Crippen molar-refractivity contribution in [1.29, 1.82) is 0 Å². The third kappa shape index (κ3) is 2.01. The number of rotatable bonds is 2. The summed E-state index contributed by atoms with van der Waals surface area (Å²) in [5.41, 5.74) is 1.53. The second-order valence-corrected chi connectivity index (χ2v) is 4.38. The Hall–Kier alpha value is -0.600. The van der Waals surface area contributed by atoms with Crippen LogP contribution in [0.4, 0.5) is 0 Å². The molecule has 1 atom stereocenters. The van der Waals surface area contributed by atoms with Crippen LogP contribution in [0.25, 0.3) is 0 Å². The van der Waals surface area contributed by atoms with Gasteiger partial charge in [0.25, 0.3) is 0 Å². The van der Waals surface area contributed by atoms with Crippen LogP contribution < -0.4 is 0 Å². The molecule has 1 spiro atoms. The Morgan fingerprint density at radius 3 is 2.80 bits per heavy atom. The third-order valence-electron chi connectivity index (χ3n) is 3.56. The minimum absolute atomic E-state index is 0.291. The first-order valence-electron chi connectivity index (χ1n) is 5.83. The first-order valence-corrected chi connectivity index (χ1v) is 5.83. The molecule has 0 N–H and O–H groups in total. The summed E-state index contributed by atoms with van der Waals surface area (Å²) in [6, 6.07) is 0. The van der Waals surface area contributed by atoms with Crippen molar-refractivity contribution in [1.82, 2.24) is 0 Å². The zero-order valence-electron chi connectivity index (χ0n) is 9.50. The summed E-state index contributed by atoms with van der Waals surface area (Å²) in [5, 5.41) is 0. The fourth-order valence-corrected chi connectivity index (χ4v) is 2.69. The van der Waals surface area contributed by atoms with Gasteiger partial charge in [-0.25, -0.2) is 0 Å². The normalized spacial score (nSPS) is 32.3. The van der Waals surface area contributed by atoms with Gasteiger partial charge in [-0.15, -0.1) is 6.58 Å². The van der Waals surface area contributed by atoms with E-state index in [0.717, 1.165) is 38.9 Å². The van der Waals surface area contributed by atoms with Crippen LogP contribution in [0.1, 0.15) is 32.6 Å². The van der Waals surface area contributed by atoms with Gasteiger partial charge in [0.1, 0.15) is 0 Å². The van der Waals surface area contributed by atoms with Crippen molar-refractivity contribution in [3.63, 3.8) is 0 Å². The van der Waals surface area contributed by atoms with Crippen molar-refractivity contribution in [3.8, 4) is 0 Å². The van der Waals surface area contributed by atoms with Gasteiger partial charge in [-0.05, 0) is 26.2 Å². The van der Waals surface area contributed by atoms with Gasteiger partial charge < -0.3 is 9.47 Å². The summed E-state index contributed by atoms with van der Waals surface area (Å²) in [6.45, 7) is 7.45. The molecule has 1 saturated carbocycles. The summed E-state index contributed by atoms with van der Waals surface area (Å²) in [7, 11) is 0. The van der Waals surface area contributed by atoms with E-state index in [4.69, 9.17) is 9.47 Å². The molecule has 0 amide bonds. The van der Waals surface area contributed by atoms with Gasteiger partial charge in [0.05, 0.1) is 13.2 Å². The van der Waals surface area contributed by atoms with E-state index < -0.39 is 0 Å². The van der Waals surface area contributed by atoms with Crippen LogP contribution in [-0.2, 0) is 9.47 Å². The summed E-state index contributed by atoms with van der Waals surface area (Å²) in [4.78, 5) is 0. The molecule has 0 radical (unpaired) electrons. The van der Waals surface area contributed by atoms with Crippen LogP contribution in [0.15, 0.2) is 24.3 Å². The lowest BCUT2D eigenvalue weighted by Crippen LogP contribution is -2.42. The maximum Gasteiger partial charge on any atom is 0.172 e. The Balaban J connectivity index is 2.13. The van der Waals surface area contributed by atoms with Gasteiger partial charge in [0.2, 0.25) is 0 Å². The van der Waals surface area contributed by atoms with Crippen LogP contribution >= 0.6 is 0 Å². The lowest BCUT2D eigenvalue weighted by atomic mass is 9.78. The lowest BCUT2D eigenvalue weighted by Gasteiger charge is -2.40. The second kappa shape index (κ2) is 4.50. The molecule has 84 valence electrons. The molecule has 2 fully saturated rings. The van der Waals surface area contributed by atoms with Crippen LogP contribution in [0, 0.1) is 5.92 Å². The molecular formula is C13H20O2.